The first-order valence-corrected chi connectivity index (χ1v) is 5.64. The van der Waals surface area contributed by atoms with Gasteiger partial charge in [-0.2, -0.15) is 0 Å². The Kier molecular flexibility index (Phi) is 4.54. The van der Waals surface area contributed by atoms with Crippen LogP contribution in [-0.4, -0.2) is 29.3 Å². The molecule has 3 atom stereocenters. The zero-order valence-electron chi connectivity index (χ0n) is 9.48. The molecule has 1 aliphatic rings. The second kappa shape index (κ2) is 5.47. The first-order valence-electron chi connectivity index (χ1n) is 5.64. The van der Waals surface area contributed by atoms with Gasteiger partial charge >= 0.3 is 5.97 Å². The van der Waals surface area contributed by atoms with Gasteiger partial charge in [-0.3, -0.25) is 0 Å². The monoisotopic (exact) mass is 215 g/mol. The number of aliphatic carboxylic acids is 1. The molecule has 15 heavy (non-hydrogen) atoms. The third-order valence-corrected chi connectivity index (χ3v) is 2.79. The summed E-state index contributed by atoms with van der Waals surface area (Å²) in [7, 11) is 0. The first-order chi connectivity index (χ1) is 7.00. The number of carbonyl (C=O) groups is 1. The van der Waals surface area contributed by atoms with Crippen molar-refractivity contribution in [1.29, 1.82) is 0 Å². The summed E-state index contributed by atoms with van der Waals surface area (Å²) in [6.07, 6.45) is 2.55. The molecule has 88 valence electrons. The molecular formula is C11H21NO3. The van der Waals surface area contributed by atoms with E-state index in [2.05, 4.69) is 13.8 Å². The minimum Gasteiger partial charge on any atom is -0.479 e. The second-order valence-electron chi connectivity index (χ2n) is 4.73. The van der Waals surface area contributed by atoms with Crippen LogP contribution in [0.4, 0.5) is 0 Å². The molecule has 1 fully saturated rings. The fourth-order valence-electron chi connectivity index (χ4n) is 2.04. The van der Waals surface area contributed by atoms with Crippen molar-refractivity contribution in [2.45, 2.75) is 57.8 Å². The standard InChI is InChI=1S/C11H21NO3/c1-7(2)6-8(12)9-4-3-5-10(15-9)11(13)14/h7-10H,3-6,12H2,1-2H3,(H,13,14)/t8-,9-,10+/m0/s1. The maximum absolute atomic E-state index is 10.8. The van der Waals surface area contributed by atoms with Crippen LogP contribution in [0.5, 0.6) is 0 Å². The lowest BCUT2D eigenvalue weighted by molar-refractivity contribution is -0.160. The van der Waals surface area contributed by atoms with E-state index in [1.807, 2.05) is 0 Å². The number of nitrogens with two attached hydrogens (primary N) is 1. The molecule has 1 saturated heterocycles. The second-order valence-corrected chi connectivity index (χ2v) is 4.73. The fourth-order valence-corrected chi connectivity index (χ4v) is 2.04. The number of ether oxygens (including phenoxy) is 1. The van der Waals surface area contributed by atoms with Crippen LogP contribution in [0.2, 0.25) is 0 Å². The van der Waals surface area contributed by atoms with E-state index in [0.717, 1.165) is 19.3 Å². The Labute approximate surface area is 90.8 Å². The van der Waals surface area contributed by atoms with Crippen LogP contribution < -0.4 is 5.73 Å². The normalized spacial score (nSPS) is 29.1. The Morgan fingerprint density at radius 3 is 2.73 bits per heavy atom. The van der Waals surface area contributed by atoms with Crippen LogP contribution in [0.25, 0.3) is 0 Å². The molecule has 0 bridgehead atoms. The predicted molar refractivity (Wildman–Crippen MR) is 57.6 cm³/mol. The van der Waals surface area contributed by atoms with Gasteiger partial charge in [-0.25, -0.2) is 4.79 Å². The molecule has 0 aromatic rings. The van der Waals surface area contributed by atoms with Crippen LogP contribution in [-0.2, 0) is 9.53 Å². The average molecular weight is 215 g/mol. The SMILES string of the molecule is CC(C)C[C@H](N)[C@@H]1CCC[C@H](C(=O)O)O1. The molecule has 1 rings (SSSR count). The number of hydrogen-bond donors (Lipinski definition) is 2. The number of carboxylic acids is 1. The summed E-state index contributed by atoms with van der Waals surface area (Å²) in [6, 6.07) is -0.0350. The highest BCUT2D eigenvalue weighted by Crippen LogP contribution is 2.23. The van der Waals surface area contributed by atoms with Gasteiger partial charge in [0.25, 0.3) is 0 Å². The van der Waals surface area contributed by atoms with E-state index in [0.29, 0.717) is 12.3 Å². The zero-order chi connectivity index (χ0) is 11.4. The Hall–Kier alpha value is -0.610. The molecule has 1 aliphatic heterocycles. The molecular weight excluding hydrogens is 194 g/mol. The van der Waals surface area contributed by atoms with Crippen LogP contribution in [0.3, 0.4) is 0 Å². The van der Waals surface area contributed by atoms with Gasteiger partial charge in [0.05, 0.1) is 6.10 Å². The van der Waals surface area contributed by atoms with Crippen molar-refractivity contribution in [2.75, 3.05) is 0 Å². The predicted octanol–water partition coefficient (Wildman–Crippen LogP) is 1.38. The summed E-state index contributed by atoms with van der Waals surface area (Å²) in [6.45, 7) is 4.22. The van der Waals surface area contributed by atoms with Crippen molar-refractivity contribution in [3.05, 3.63) is 0 Å². The smallest absolute Gasteiger partial charge is 0.332 e. The van der Waals surface area contributed by atoms with Crippen molar-refractivity contribution in [2.24, 2.45) is 11.7 Å². The molecule has 0 amide bonds. The number of carboxylic acid groups (broad SMARTS) is 1. The molecule has 0 aromatic heterocycles. The Morgan fingerprint density at radius 1 is 1.53 bits per heavy atom. The highest BCUT2D eigenvalue weighted by Gasteiger charge is 2.30. The van der Waals surface area contributed by atoms with Crippen molar-refractivity contribution >= 4 is 5.97 Å². The first kappa shape index (κ1) is 12.5. The van der Waals surface area contributed by atoms with Crippen LogP contribution >= 0.6 is 0 Å². The van der Waals surface area contributed by atoms with E-state index in [1.54, 1.807) is 0 Å². The van der Waals surface area contributed by atoms with Crippen molar-refractivity contribution in [3.8, 4) is 0 Å². The lowest BCUT2D eigenvalue weighted by Crippen LogP contribution is -2.44. The summed E-state index contributed by atoms with van der Waals surface area (Å²) in [5.74, 6) is -0.342. The third kappa shape index (κ3) is 3.80. The zero-order valence-corrected chi connectivity index (χ0v) is 9.48. The topological polar surface area (TPSA) is 72.6 Å². The quantitative estimate of drug-likeness (QED) is 0.743. The van der Waals surface area contributed by atoms with Gasteiger partial charge in [-0.1, -0.05) is 13.8 Å². The average Bonchev–Trinajstić information content (AvgIpc) is 2.17. The Bertz CT molecular complexity index is 218. The summed E-state index contributed by atoms with van der Waals surface area (Å²) in [5.41, 5.74) is 5.99. The van der Waals surface area contributed by atoms with Crippen LogP contribution in [0.1, 0.15) is 39.5 Å². The molecule has 0 unspecified atom stereocenters. The Balaban J connectivity index is 2.44. The molecule has 3 N–H and O–H groups in total. The summed E-state index contributed by atoms with van der Waals surface area (Å²) >= 11 is 0. The van der Waals surface area contributed by atoms with E-state index >= 15 is 0 Å². The summed E-state index contributed by atoms with van der Waals surface area (Å²) < 4.78 is 5.49. The molecule has 0 aromatic carbocycles. The largest absolute Gasteiger partial charge is 0.479 e. The van der Waals surface area contributed by atoms with E-state index < -0.39 is 12.1 Å². The molecule has 0 saturated carbocycles. The molecule has 1 heterocycles. The minimum atomic E-state index is -0.864. The maximum Gasteiger partial charge on any atom is 0.332 e. The lowest BCUT2D eigenvalue weighted by atomic mass is 9.94. The maximum atomic E-state index is 10.8. The molecule has 4 nitrogen and oxygen atoms in total. The molecule has 4 heteroatoms. The highest BCUT2D eigenvalue weighted by atomic mass is 16.5. The van der Waals surface area contributed by atoms with Crippen LogP contribution in [0.15, 0.2) is 0 Å². The number of hydrogen-bond acceptors (Lipinski definition) is 3. The van der Waals surface area contributed by atoms with Gasteiger partial charge in [0.2, 0.25) is 0 Å². The number of rotatable bonds is 4. The van der Waals surface area contributed by atoms with Gasteiger partial charge in [0.1, 0.15) is 0 Å². The fraction of sp³-hybridized carbons (Fsp3) is 0.909. The highest BCUT2D eigenvalue weighted by molar-refractivity contribution is 5.72. The van der Waals surface area contributed by atoms with E-state index in [9.17, 15) is 4.79 Å². The van der Waals surface area contributed by atoms with Gasteiger partial charge in [0, 0.05) is 6.04 Å². The van der Waals surface area contributed by atoms with E-state index in [-0.39, 0.29) is 12.1 Å². The minimum absolute atomic E-state index is 0.0350. The van der Waals surface area contributed by atoms with E-state index in [4.69, 9.17) is 15.6 Å². The molecule has 0 spiro atoms. The van der Waals surface area contributed by atoms with Crippen molar-refractivity contribution in [1.82, 2.24) is 0 Å². The third-order valence-electron chi connectivity index (χ3n) is 2.79. The van der Waals surface area contributed by atoms with Crippen LogP contribution in [0, 0.1) is 5.92 Å². The molecule has 0 radical (unpaired) electrons. The van der Waals surface area contributed by atoms with Gasteiger partial charge in [-0.15, -0.1) is 0 Å². The molecule has 0 aliphatic carbocycles. The van der Waals surface area contributed by atoms with Crippen molar-refractivity contribution < 1.29 is 14.6 Å². The van der Waals surface area contributed by atoms with Crippen molar-refractivity contribution in [3.63, 3.8) is 0 Å². The van der Waals surface area contributed by atoms with Gasteiger partial charge < -0.3 is 15.6 Å². The lowest BCUT2D eigenvalue weighted by Gasteiger charge is -2.32. The van der Waals surface area contributed by atoms with E-state index in [1.165, 1.54) is 0 Å². The Morgan fingerprint density at radius 2 is 2.20 bits per heavy atom. The summed E-state index contributed by atoms with van der Waals surface area (Å²) in [4.78, 5) is 10.8. The van der Waals surface area contributed by atoms with Gasteiger partial charge in [-0.05, 0) is 31.6 Å². The van der Waals surface area contributed by atoms with Gasteiger partial charge in [0.15, 0.2) is 6.10 Å². The summed E-state index contributed by atoms with van der Waals surface area (Å²) in [5, 5.41) is 8.85.